The van der Waals surface area contributed by atoms with E-state index in [0.717, 1.165) is 19.4 Å². The van der Waals surface area contributed by atoms with Gasteiger partial charge in [0, 0.05) is 18.8 Å². The number of nitrogens with two attached hydrogens (primary N) is 1. The summed E-state index contributed by atoms with van der Waals surface area (Å²) in [6, 6.07) is 7.01. The monoisotopic (exact) mass is 374 g/mol. The third-order valence-electron chi connectivity index (χ3n) is 4.03. The molecule has 1 unspecified atom stereocenters. The molecule has 1 aliphatic rings. The van der Waals surface area contributed by atoms with Gasteiger partial charge in [-0.3, -0.25) is 10.1 Å². The molecule has 27 heavy (non-hydrogen) atoms. The van der Waals surface area contributed by atoms with E-state index in [1.165, 1.54) is 0 Å². The van der Waals surface area contributed by atoms with Crippen LogP contribution in [0.3, 0.4) is 0 Å². The lowest BCUT2D eigenvalue weighted by molar-refractivity contribution is -0.383. The largest absolute Gasteiger partial charge is 0.494 e. The summed E-state index contributed by atoms with van der Waals surface area (Å²) in [5, 5.41) is 17.4. The third kappa shape index (κ3) is 4.73. The third-order valence-corrected chi connectivity index (χ3v) is 4.03. The van der Waals surface area contributed by atoms with Crippen LogP contribution in [0, 0.1) is 10.1 Å². The Kier molecular flexibility index (Phi) is 5.87. The first-order valence-corrected chi connectivity index (χ1v) is 8.74. The summed E-state index contributed by atoms with van der Waals surface area (Å²) in [5.41, 5.74) is 6.05. The van der Waals surface area contributed by atoms with Gasteiger partial charge in [-0.05, 0) is 44.0 Å². The number of anilines is 4. The fourth-order valence-electron chi connectivity index (χ4n) is 2.77. The Morgan fingerprint density at radius 2 is 2.15 bits per heavy atom. The molecule has 2 heterocycles. The number of aromatic nitrogens is 2. The second-order valence-corrected chi connectivity index (χ2v) is 5.99. The zero-order valence-electron chi connectivity index (χ0n) is 15.0. The Hall–Kier alpha value is -3.14. The number of nitro groups is 1. The van der Waals surface area contributed by atoms with Crippen molar-refractivity contribution in [3.63, 3.8) is 0 Å². The lowest BCUT2D eigenvalue weighted by Gasteiger charge is -2.13. The van der Waals surface area contributed by atoms with Crippen molar-refractivity contribution in [2.24, 2.45) is 0 Å². The maximum atomic E-state index is 11.4. The second-order valence-electron chi connectivity index (χ2n) is 5.99. The van der Waals surface area contributed by atoms with E-state index < -0.39 is 4.92 Å². The molecule has 0 aliphatic carbocycles. The number of rotatable bonds is 8. The number of hydrogen-bond acceptors (Lipinski definition) is 9. The van der Waals surface area contributed by atoms with Crippen LogP contribution in [0.2, 0.25) is 0 Å². The summed E-state index contributed by atoms with van der Waals surface area (Å²) < 4.78 is 10.9. The van der Waals surface area contributed by atoms with E-state index in [2.05, 4.69) is 20.6 Å². The van der Waals surface area contributed by atoms with Gasteiger partial charge in [0.1, 0.15) is 5.75 Å². The van der Waals surface area contributed by atoms with Gasteiger partial charge >= 0.3 is 5.69 Å². The molecule has 1 fully saturated rings. The molecule has 3 rings (SSSR count). The molecule has 1 atom stereocenters. The maximum Gasteiger partial charge on any atom is 0.353 e. The Bertz CT molecular complexity index is 793. The van der Waals surface area contributed by atoms with E-state index in [4.69, 9.17) is 15.2 Å². The van der Waals surface area contributed by atoms with Gasteiger partial charge < -0.3 is 25.8 Å². The van der Waals surface area contributed by atoms with Gasteiger partial charge in [0.25, 0.3) is 0 Å². The zero-order chi connectivity index (χ0) is 19.2. The molecule has 1 aromatic carbocycles. The van der Waals surface area contributed by atoms with Gasteiger partial charge in [-0.15, -0.1) is 0 Å². The molecule has 1 saturated heterocycles. The lowest BCUT2D eigenvalue weighted by atomic mass is 10.2. The molecule has 1 aromatic heterocycles. The van der Waals surface area contributed by atoms with E-state index in [9.17, 15) is 10.1 Å². The zero-order valence-corrected chi connectivity index (χ0v) is 15.0. The molecule has 1 aliphatic heterocycles. The van der Waals surface area contributed by atoms with Crippen molar-refractivity contribution in [3.05, 3.63) is 34.4 Å². The van der Waals surface area contributed by atoms with E-state index in [-0.39, 0.29) is 29.4 Å². The summed E-state index contributed by atoms with van der Waals surface area (Å²) >= 11 is 0. The molecule has 10 heteroatoms. The highest BCUT2D eigenvalue weighted by molar-refractivity contribution is 5.74. The van der Waals surface area contributed by atoms with Crippen molar-refractivity contribution in [2.45, 2.75) is 25.9 Å². The van der Waals surface area contributed by atoms with Crippen LogP contribution in [0.15, 0.2) is 24.3 Å². The van der Waals surface area contributed by atoms with Crippen molar-refractivity contribution in [1.29, 1.82) is 0 Å². The molecule has 0 spiro atoms. The predicted octanol–water partition coefficient (Wildman–Crippen LogP) is 2.70. The Morgan fingerprint density at radius 1 is 1.37 bits per heavy atom. The minimum Gasteiger partial charge on any atom is -0.494 e. The van der Waals surface area contributed by atoms with Crippen LogP contribution < -0.4 is 21.1 Å². The predicted molar refractivity (Wildman–Crippen MR) is 101 cm³/mol. The molecular formula is C17H22N6O4. The number of nitrogen functional groups attached to an aromatic ring is 1. The first-order chi connectivity index (χ1) is 13.1. The molecule has 10 nitrogen and oxygen atoms in total. The molecule has 0 bridgehead atoms. The first kappa shape index (κ1) is 18.6. The highest BCUT2D eigenvalue weighted by Gasteiger charge is 2.24. The van der Waals surface area contributed by atoms with Gasteiger partial charge in [-0.1, -0.05) is 0 Å². The number of ether oxygens (including phenoxy) is 2. The van der Waals surface area contributed by atoms with Crippen LogP contribution in [-0.4, -0.2) is 40.8 Å². The Labute approximate surface area is 156 Å². The van der Waals surface area contributed by atoms with Gasteiger partial charge in [0.05, 0.1) is 17.6 Å². The SMILES string of the molecule is CCOc1ccc(Nc2nc(NCC3CCCO3)nc(N)c2[N+](=O)[O-])cc1. The van der Waals surface area contributed by atoms with Crippen molar-refractivity contribution < 1.29 is 14.4 Å². The standard InChI is InChI=1S/C17H22N6O4/c1-2-26-12-7-5-11(6-8-12)20-16-14(23(24)25)15(18)21-17(22-16)19-10-13-4-3-9-27-13/h5-8,13H,2-4,9-10H2,1H3,(H4,18,19,20,21,22). The molecular weight excluding hydrogens is 352 g/mol. The fraction of sp³-hybridized carbons (Fsp3) is 0.412. The normalized spacial score (nSPS) is 16.1. The van der Waals surface area contributed by atoms with Crippen molar-refractivity contribution >= 4 is 29.0 Å². The van der Waals surface area contributed by atoms with Crippen molar-refractivity contribution in [1.82, 2.24) is 9.97 Å². The van der Waals surface area contributed by atoms with Crippen LogP contribution in [0.25, 0.3) is 0 Å². The van der Waals surface area contributed by atoms with Crippen molar-refractivity contribution in [2.75, 3.05) is 36.1 Å². The smallest absolute Gasteiger partial charge is 0.353 e. The molecule has 0 saturated carbocycles. The minimum atomic E-state index is -0.601. The quantitative estimate of drug-likeness (QED) is 0.470. The van der Waals surface area contributed by atoms with Gasteiger partial charge in [-0.25, -0.2) is 0 Å². The van der Waals surface area contributed by atoms with Gasteiger partial charge in [0.2, 0.25) is 17.6 Å². The number of nitrogens with zero attached hydrogens (tertiary/aromatic N) is 3. The molecule has 0 radical (unpaired) electrons. The van der Waals surface area contributed by atoms with Crippen LogP contribution >= 0.6 is 0 Å². The highest BCUT2D eigenvalue weighted by atomic mass is 16.6. The van der Waals surface area contributed by atoms with Crippen LogP contribution in [-0.2, 0) is 4.74 Å². The fourth-order valence-corrected chi connectivity index (χ4v) is 2.77. The van der Waals surface area contributed by atoms with E-state index in [1.807, 2.05) is 6.92 Å². The maximum absolute atomic E-state index is 11.4. The Morgan fingerprint density at radius 3 is 2.78 bits per heavy atom. The topological polar surface area (TPSA) is 137 Å². The molecule has 0 amide bonds. The summed E-state index contributed by atoms with van der Waals surface area (Å²) in [4.78, 5) is 19.0. The average molecular weight is 374 g/mol. The Balaban J connectivity index is 1.80. The number of nitrogens with one attached hydrogen (secondary N) is 2. The van der Waals surface area contributed by atoms with E-state index in [0.29, 0.717) is 24.6 Å². The first-order valence-electron chi connectivity index (χ1n) is 8.74. The van der Waals surface area contributed by atoms with Crippen LogP contribution in [0.4, 0.5) is 29.0 Å². The second kappa shape index (κ2) is 8.49. The van der Waals surface area contributed by atoms with E-state index >= 15 is 0 Å². The number of benzene rings is 1. The molecule has 2 aromatic rings. The summed E-state index contributed by atoms with van der Waals surface area (Å²) in [7, 11) is 0. The van der Waals surface area contributed by atoms with Gasteiger partial charge in [-0.2, -0.15) is 9.97 Å². The van der Waals surface area contributed by atoms with Crippen LogP contribution in [0.5, 0.6) is 5.75 Å². The van der Waals surface area contributed by atoms with E-state index in [1.54, 1.807) is 24.3 Å². The lowest BCUT2D eigenvalue weighted by Crippen LogP contribution is -2.20. The summed E-state index contributed by atoms with van der Waals surface area (Å²) in [6.07, 6.45) is 2.04. The molecule has 144 valence electrons. The minimum absolute atomic E-state index is 0.0199. The molecule has 4 N–H and O–H groups in total. The highest BCUT2D eigenvalue weighted by Crippen LogP contribution is 2.32. The summed E-state index contributed by atoms with van der Waals surface area (Å²) in [6.45, 7) is 3.70. The van der Waals surface area contributed by atoms with Crippen LogP contribution in [0.1, 0.15) is 19.8 Å². The van der Waals surface area contributed by atoms with Crippen molar-refractivity contribution in [3.8, 4) is 5.75 Å². The summed E-state index contributed by atoms with van der Waals surface area (Å²) in [5.74, 6) is 0.727. The average Bonchev–Trinajstić information content (AvgIpc) is 3.15. The number of hydrogen-bond donors (Lipinski definition) is 3. The van der Waals surface area contributed by atoms with Gasteiger partial charge in [0.15, 0.2) is 0 Å².